The van der Waals surface area contributed by atoms with Crippen LogP contribution in [0, 0.1) is 0 Å². The van der Waals surface area contributed by atoms with Gasteiger partial charge in [-0.15, -0.1) is 10.2 Å². The number of nitrogens with zero attached hydrogens (tertiary/aromatic N) is 6. The van der Waals surface area contributed by atoms with E-state index in [0.717, 1.165) is 32.0 Å². The number of aromatic amines is 1. The summed E-state index contributed by atoms with van der Waals surface area (Å²) in [6.45, 7) is 0.665. The number of hydrogen-bond donors (Lipinski definition) is 1. The molecule has 1 N–H and O–H groups in total. The van der Waals surface area contributed by atoms with Crippen LogP contribution >= 0.6 is 38.5 Å². The number of H-pyrrole nitrogens is 1. The summed E-state index contributed by atoms with van der Waals surface area (Å²) in [5.41, 5.74) is 4.61. The monoisotopic (exact) mass is 563 g/mol. The van der Waals surface area contributed by atoms with Crippen LogP contribution < -0.4 is 0 Å². The normalized spacial score (nSPS) is 16.2. The minimum absolute atomic E-state index is 0.0322. The predicted octanol–water partition coefficient (Wildman–Crippen LogP) is 3.45. The van der Waals surface area contributed by atoms with Crippen LogP contribution in [0.15, 0.2) is 47.1 Å². The average Bonchev–Trinajstić information content (AvgIpc) is 3.41. The third-order valence-electron chi connectivity index (χ3n) is 5.16. The van der Waals surface area contributed by atoms with E-state index in [-0.39, 0.29) is 11.9 Å². The molecule has 4 heterocycles. The highest BCUT2D eigenvalue weighted by Gasteiger charge is 2.32. The Morgan fingerprint density at radius 1 is 1.28 bits per heavy atom. The first-order chi connectivity index (χ1) is 14.1. The van der Waals surface area contributed by atoms with Gasteiger partial charge in [0.2, 0.25) is 5.82 Å². The Morgan fingerprint density at radius 3 is 2.97 bits per heavy atom. The summed E-state index contributed by atoms with van der Waals surface area (Å²) in [4.78, 5) is 15.3. The summed E-state index contributed by atoms with van der Waals surface area (Å²) in [6, 6.07) is 11.9. The lowest BCUT2D eigenvalue weighted by Gasteiger charge is -2.36. The molecule has 0 saturated carbocycles. The Kier molecular flexibility index (Phi) is 4.82. The van der Waals surface area contributed by atoms with Crippen molar-refractivity contribution in [1.82, 2.24) is 35.1 Å². The third-order valence-corrected chi connectivity index (χ3v) is 6.46. The SMILES string of the molecule is O=C(c1cc2ccc(Br)cn2n1)N1CCc2ccc(-c3nn[nH]n3)cc2C1CI. The molecule has 0 spiro atoms. The molecular formula is C19H15BrIN7O. The summed E-state index contributed by atoms with van der Waals surface area (Å²) in [7, 11) is 0. The quantitative estimate of drug-likeness (QED) is 0.304. The molecule has 0 aliphatic carbocycles. The zero-order valence-corrected chi connectivity index (χ0v) is 18.8. The van der Waals surface area contributed by atoms with Gasteiger partial charge in [-0.2, -0.15) is 10.3 Å². The minimum Gasteiger partial charge on any atom is -0.329 e. The van der Waals surface area contributed by atoms with Crippen molar-refractivity contribution in [2.45, 2.75) is 12.5 Å². The van der Waals surface area contributed by atoms with E-state index in [2.05, 4.69) is 76.4 Å². The maximum atomic E-state index is 13.3. The maximum Gasteiger partial charge on any atom is 0.274 e. The second-order valence-electron chi connectivity index (χ2n) is 6.81. The molecule has 4 aromatic rings. The highest BCUT2D eigenvalue weighted by molar-refractivity contribution is 14.1. The number of aromatic nitrogens is 6. The number of carbonyl (C=O) groups excluding carboxylic acids is 1. The molecule has 3 aromatic heterocycles. The van der Waals surface area contributed by atoms with Crippen LogP contribution in [-0.2, 0) is 6.42 Å². The largest absolute Gasteiger partial charge is 0.329 e. The van der Waals surface area contributed by atoms with Crippen molar-refractivity contribution in [2.75, 3.05) is 11.0 Å². The van der Waals surface area contributed by atoms with Crippen LogP contribution in [0.25, 0.3) is 16.9 Å². The number of benzene rings is 1. The highest BCUT2D eigenvalue weighted by Crippen LogP contribution is 2.34. The summed E-state index contributed by atoms with van der Waals surface area (Å²) in [5.74, 6) is 0.497. The Hall–Kier alpha value is -2.34. The van der Waals surface area contributed by atoms with E-state index in [0.29, 0.717) is 18.1 Å². The van der Waals surface area contributed by atoms with Crippen LogP contribution in [-0.4, -0.2) is 52.0 Å². The Balaban J connectivity index is 1.51. The molecule has 0 fully saturated rings. The molecule has 146 valence electrons. The van der Waals surface area contributed by atoms with Crippen LogP contribution in [0.2, 0.25) is 0 Å². The Labute approximate surface area is 187 Å². The minimum atomic E-state index is -0.0536. The number of pyridine rings is 1. The van der Waals surface area contributed by atoms with E-state index in [9.17, 15) is 4.79 Å². The molecule has 1 aliphatic rings. The summed E-state index contributed by atoms with van der Waals surface area (Å²) in [5, 5.41) is 18.8. The number of hydrogen-bond acceptors (Lipinski definition) is 5. The number of nitrogens with one attached hydrogen (secondary N) is 1. The van der Waals surface area contributed by atoms with Gasteiger partial charge >= 0.3 is 0 Å². The molecule has 1 amide bonds. The van der Waals surface area contributed by atoms with Crippen molar-refractivity contribution in [2.24, 2.45) is 0 Å². The lowest BCUT2D eigenvalue weighted by Crippen LogP contribution is -2.41. The fourth-order valence-electron chi connectivity index (χ4n) is 3.74. The van der Waals surface area contributed by atoms with Gasteiger partial charge in [0.05, 0.1) is 11.6 Å². The fraction of sp³-hybridized carbons (Fsp3) is 0.211. The first-order valence-corrected chi connectivity index (χ1v) is 11.3. The van der Waals surface area contributed by atoms with E-state index in [1.54, 1.807) is 4.52 Å². The van der Waals surface area contributed by atoms with Gasteiger partial charge in [0.25, 0.3) is 5.91 Å². The standard InChI is InChI=1S/C19H15BrIN7O/c20-13-3-4-14-8-16(24-28(14)10-13)19(29)27-6-5-11-1-2-12(18-22-25-26-23-18)7-15(11)17(27)9-21/h1-4,7-8,10,17H,5-6,9H2,(H,22,23,25,26). The van der Waals surface area contributed by atoms with Gasteiger partial charge in [-0.05, 0) is 63.0 Å². The van der Waals surface area contributed by atoms with Gasteiger partial charge in [-0.3, -0.25) is 4.79 Å². The molecule has 5 rings (SSSR count). The van der Waals surface area contributed by atoms with Gasteiger partial charge in [-0.25, -0.2) is 4.52 Å². The molecule has 0 saturated heterocycles. The highest BCUT2D eigenvalue weighted by atomic mass is 127. The molecule has 1 atom stereocenters. The fourth-order valence-corrected chi connectivity index (χ4v) is 5.02. The van der Waals surface area contributed by atoms with Gasteiger partial charge < -0.3 is 4.90 Å². The maximum absolute atomic E-state index is 13.3. The number of tetrazole rings is 1. The zero-order chi connectivity index (χ0) is 20.0. The second-order valence-corrected chi connectivity index (χ2v) is 8.61. The van der Waals surface area contributed by atoms with Crippen molar-refractivity contribution in [3.63, 3.8) is 0 Å². The molecule has 0 bridgehead atoms. The van der Waals surface area contributed by atoms with Gasteiger partial charge in [-0.1, -0.05) is 34.7 Å². The van der Waals surface area contributed by atoms with Crippen molar-refractivity contribution < 1.29 is 4.79 Å². The van der Waals surface area contributed by atoms with Crippen LogP contribution in [0.4, 0.5) is 0 Å². The Morgan fingerprint density at radius 2 is 2.17 bits per heavy atom. The van der Waals surface area contributed by atoms with Crippen LogP contribution in [0.3, 0.4) is 0 Å². The number of halogens is 2. The zero-order valence-electron chi connectivity index (χ0n) is 15.1. The molecule has 1 aliphatic heterocycles. The molecule has 8 nitrogen and oxygen atoms in total. The summed E-state index contributed by atoms with van der Waals surface area (Å²) in [6.07, 6.45) is 2.66. The number of carbonyl (C=O) groups is 1. The van der Waals surface area contributed by atoms with Crippen LogP contribution in [0.5, 0.6) is 0 Å². The molecule has 0 radical (unpaired) electrons. The lowest BCUT2D eigenvalue weighted by atomic mass is 9.91. The number of alkyl halides is 1. The van der Waals surface area contributed by atoms with E-state index in [4.69, 9.17) is 0 Å². The molecule has 29 heavy (non-hydrogen) atoms. The molecule has 1 unspecified atom stereocenters. The molecule has 1 aromatic carbocycles. The first-order valence-electron chi connectivity index (χ1n) is 9.02. The van der Waals surface area contributed by atoms with E-state index in [1.807, 2.05) is 35.4 Å². The smallest absolute Gasteiger partial charge is 0.274 e. The number of rotatable bonds is 3. The van der Waals surface area contributed by atoms with Crippen molar-refractivity contribution in [1.29, 1.82) is 0 Å². The number of amides is 1. The summed E-state index contributed by atoms with van der Waals surface area (Å²) < 4.78 is 3.42. The topological polar surface area (TPSA) is 92.1 Å². The third kappa shape index (κ3) is 3.33. The van der Waals surface area contributed by atoms with E-state index in [1.165, 1.54) is 5.56 Å². The molecular weight excluding hydrogens is 549 g/mol. The predicted molar refractivity (Wildman–Crippen MR) is 119 cm³/mol. The lowest BCUT2D eigenvalue weighted by molar-refractivity contribution is 0.0677. The Bertz CT molecular complexity index is 1210. The van der Waals surface area contributed by atoms with Crippen LogP contribution in [0.1, 0.15) is 27.7 Å². The van der Waals surface area contributed by atoms with Gasteiger partial charge in [0.15, 0.2) is 5.69 Å². The van der Waals surface area contributed by atoms with Gasteiger partial charge in [0.1, 0.15) is 0 Å². The van der Waals surface area contributed by atoms with E-state index >= 15 is 0 Å². The van der Waals surface area contributed by atoms with E-state index < -0.39 is 0 Å². The van der Waals surface area contributed by atoms with Crippen molar-refractivity contribution in [3.8, 4) is 11.4 Å². The second kappa shape index (κ2) is 7.48. The van der Waals surface area contributed by atoms with Gasteiger partial charge in [0, 0.05) is 27.2 Å². The number of fused-ring (bicyclic) bond motifs is 2. The molecule has 10 heteroatoms. The summed E-state index contributed by atoms with van der Waals surface area (Å²) >= 11 is 5.78. The average molecular weight is 564 g/mol. The van der Waals surface area contributed by atoms with Crippen molar-refractivity contribution >= 4 is 49.9 Å². The van der Waals surface area contributed by atoms with Crippen molar-refractivity contribution in [3.05, 3.63) is 63.9 Å². The first kappa shape index (κ1) is 18.7.